The summed E-state index contributed by atoms with van der Waals surface area (Å²) in [6.07, 6.45) is 0.0940. The van der Waals surface area contributed by atoms with Crippen molar-refractivity contribution < 1.29 is 14.3 Å². The van der Waals surface area contributed by atoms with Crippen molar-refractivity contribution in [3.63, 3.8) is 0 Å². The second-order valence-corrected chi connectivity index (χ2v) is 6.45. The van der Waals surface area contributed by atoms with E-state index in [1.54, 1.807) is 12.1 Å². The second-order valence-electron chi connectivity index (χ2n) is 5.17. The van der Waals surface area contributed by atoms with Gasteiger partial charge in [0.05, 0.1) is 0 Å². The lowest BCUT2D eigenvalue weighted by Gasteiger charge is -2.09. The van der Waals surface area contributed by atoms with E-state index < -0.39 is 5.25 Å². The number of ether oxygens (including phenoxy) is 1. The van der Waals surface area contributed by atoms with Crippen molar-refractivity contribution in [2.24, 2.45) is 4.99 Å². The highest BCUT2D eigenvalue weighted by atomic mass is 32.2. The van der Waals surface area contributed by atoms with Crippen molar-refractivity contribution in [2.75, 3.05) is 11.9 Å². The van der Waals surface area contributed by atoms with Gasteiger partial charge in [-0.1, -0.05) is 48.2 Å². The van der Waals surface area contributed by atoms with Crippen LogP contribution in [0, 0.1) is 0 Å². The van der Waals surface area contributed by atoms with Crippen LogP contribution < -0.4 is 10.1 Å². The number of thioether (sulfide) groups is 1. The number of nitrogens with zero attached hydrogens (tertiary/aromatic N) is 1. The molecule has 5 nitrogen and oxygen atoms in total. The van der Waals surface area contributed by atoms with Crippen molar-refractivity contribution in [3.05, 3.63) is 60.7 Å². The van der Waals surface area contributed by atoms with E-state index >= 15 is 0 Å². The number of anilines is 1. The summed E-state index contributed by atoms with van der Waals surface area (Å²) in [5, 5.41) is 2.89. The monoisotopic (exact) mass is 340 g/mol. The number of amides is 2. The fourth-order valence-electron chi connectivity index (χ4n) is 2.19. The first-order chi connectivity index (χ1) is 11.7. The van der Waals surface area contributed by atoms with Gasteiger partial charge in [0, 0.05) is 12.1 Å². The summed E-state index contributed by atoms with van der Waals surface area (Å²) in [5.74, 6) is 0.237. The third-order valence-corrected chi connectivity index (χ3v) is 4.46. The van der Waals surface area contributed by atoms with Gasteiger partial charge in [-0.05, 0) is 24.3 Å². The standard InChI is InChI=1S/C18H16N2O3S/c21-16(19-13-7-3-1-4-8-13)11-15-18(22)20-17(24-15)12-23-14-9-5-2-6-10-14/h1-10,15H,11-12H2,(H,19,21)/t15-/m0/s1. The summed E-state index contributed by atoms with van der Waals surface area (Å²) < 4.78 is 5.58. The molecule has 1 atom stereocenters. The van der Waals surface area contributed by atoms with E-state index in [-0.39, 0.29) is 24.8 Å². The normalized spacial score (nSPS) is 16.6. The molecule has 1 aliphatic rings. The number of carbonyl (C=O) groups is 2. The smallest absolute Gasteiger partial charge is 0.260 e. The number of benzene rings is 2. The molecule has 2 aromatic rings. The highest BCUT2D eigenvalue weighted by Crippen LogP contribution is 2.26. The highest BCUT2D eigenvalue weighted by molar-refractivity contribution is 8.15. The highest BCUT2D eigenvalue weighted by Gasteiger charge is 2.30. The molecule has 1 aliphatic heterocycles. The zero-order valence-electron chi connectivity index (χ0n) is 12.8. The Balaban J connectivity index is 1.48. The number of carbonyl (C=O) groups excluding carboxylic acids is 2. The fraction of sp³-hybridized carbons (Fsp3) is 0.167. The lowest BCUT2D eigenvalue weighted by molar-refractivity contribution is -0.121. The van der Waals surface area contributed by atoms with Gasteiger partial charge in [0.25, 0.3) is 5.91 Å². The van der Waals surface area contributed by atoms with Gasteiger partial charge in [-0.25, -0.2) is 4.99 Å². The van der Waals surface area contributed by atoms with E-state index in [2.05, 4.69) is 10.3 Å². The number of aliphatic imine (C=N–C) groups is 1. The third kappa shape index (κ3) is 4.45. The Morgan fingerprint density at radius 2 is 1.75 bits per heavy atom. The number of rotatable bonds is 6. The van der Waals surface area contributed by atoms with Gasteiger partial charge in [0.15, 0.2) is 0 Å². The maximum absolute atomic E-state index is 12.0. The molecule has 0 unspecified atom stereocenters. The Morgan fingerprint density at radius 1 is 1.08 bits per heavy atom. The molecule has 122 valence electrons. The summed E-state index contributed by atoms with van der Waals surface area (Å²) in [4.78, 5) is 28.0. The molecule has 0 radical (unpaired) electrons. The average Bonchev–Trinajstić information content (AvgIpc) is 2.94. The minimum atomic E-state index is -0.483. The Labute approximate surface area is 144 Å². The predicted octanol–water partition coefficient (Wildman–Crippen LogP) is 3.13. The van der Waals surface area contributed by atoms with Crippen LogP contribution in [-0.2, 0) is 9.59 Å². The largest absolute Gasteiger partial charge is 0.487 e. The molecule has 6 heteroatoms. The lowest BCUT2D eigenvalue weighted by Crippen LogP contribution is -2.21. The first-order valence-electron chi connectivity index (χ1n) is 7.51. The molecular weight excluding hydrogens is 324 g/mol. The van der Waals surface area contributed by atoms with E-state index in [0.717, 1.165) is 5.75 Å². The van der Waals surface area contributed by atoms with Gasteiger partial charge < -0.3 is 10.1 Å². The molecule has 0 spiro atoms. The minimum absolute atomic E-state index is 0.0940. The van der Waals surface area contributed by atoms with E-state index in [0.29, 0.717) is 10.7 Å². The maximum atomic E-state index is 12.0. The van der Waals surface area contributed by atoms with Crippen molar-refractivity contribution >= 4 is 34.3 Å². The SMILES string of the molecule is O=C(C[C@@H]1SC(COc2ccccc2)=NC1=O)Nc1ccccc1. The Hall–Kier alpha value is -2.60. The van der Waals surface area contributed by atoms with Crippen LogP contribution in [0.2, 0.25) is 0 Å². The molecule has 3 rings (SSSR count). The van der Waals surface area contributed by atoms with Crippen molar-refractivity contribution in [1.29, 1.82) is 0 Å². The number of hydrogen-bond acceptors (Lipinski definition) is 4. The van der Waals surface area contributed by atoms with Gasteiger partial charge in [-0.15, -0.1) is 0 Å². The summed E-state index contributed by atoms with van der Waals surface area (Å²) in [6.45, 7) is 0.233. The summed E-state index contributed by atoms with van der Waals surface area (Å²) in [7, 11) is 0. The Bertz CT molecular complexity index is 747. The van der Waals surface area contributed by atoms with Gasteiger partial charge in [0.2, 0.25) is 5.91 Å². The van der Waals surface area contributed by atoms with Gasteiger partial charge in [-0.2, -0.15) is 0 Å². The quantitative estimate of drug-likeness (QED) is 0.877. The van der Waals surface area contributed by atoms with Crippen molar-refractivity contribution in [2.45, 2.75) is 11.7 Å². The van der Waals surface area contributed by atoms with Gasteiger partial charge >= 0.3 is 0 Å². The minimum Gasteiger partial charge on any atom is -0.487 e. The van der Waals surface area contributed by atoms with Crippen LogP contribution in [0.15, 0.2) is 65.7 Å². The van der Waals surface area contributed by atoms with E-state index in [4.69, 9.17) is 4.74 Å². The van der Waals surface area contributed by atoms with E-state index in [1.807, 2.05) is 48.5 Å². The second kappa shape index (κ2) is 7.79. The van der Waals surface area contributed by atoms with E-state index in [9.17, 15) is 9.59 Å². The molecule has 2 amide bonds. The van der Waals surface area contributed by atoms with Crippen LogP contribution in [-0.4, -0.2) is 28.7 Å². The van der Waals surface area contributed by atoms with Crippen LogP contribution >= 0.6 is 11.8 Å². The molecule has 0 saturated carbocycles. The predicted molar refractivity (Wildman–Crippen MR) is 95.4 cm³/mol. The van der Waals surface area contributed by atoms with Crippen molar-refractivity contribution in [1.82, 2.24) is 0 Å². The topological polar surface area (TPSA) is 67.8 Å². The van der Waals surface area contributed by atoms with Crippen LogP contribution in [0.25, 0.3) is 0 Å². The van der Waals surface area contributed by atoms with E-state index in [1.165, 1.54) is 11.8 Å². The molecule has 0 bridgehead atoms. The first kappa shape index (κ1) is 16.3. The summed E-state index contributed by atoms with van der Waals surface area (Å²) in [6, 6.07) is 18.5. The zero-order valence-corrected chi connectivity index (χ0v) is 13.7. The fourth-order valence-corrected chi connectivity index (χ4v) is 3.18. The zero-order chi connectivity index (χ0) is 16.8. The number of para-hydroxylation sites is 2. The number of hydrogen-bond donors (Lipinski definition) is 1. The molecule has 0 fully saturated rings. The first-order valence-corrected chi connectivity index (χ1v) is 8.39. The molecule has 2 aromatic carbocycles. The summed E-state index contributed by atoms with van der Waals surface area (Å²) in [5.41, 5.74) is 0.714. The Morgan fingerprint density at radius 3 is 2.46 bits per heavy atom. The third-order valence-electron chi connectivity index (χ3n) is 3.32. The average molecular weight is 340 g/mol. The van der Waals surface area contributed by atoms with Gasteiger partial charge in [0.1, 0.15) is 22.7 Å². The molecule has 0 saturated heterocycles. The van der Waals surface area contributed by atoms with Crippen LogP contribution in [0.3, 0.4) is 0 Å². The van der Waals surface area contributed by atoms with Crippen LogP contribution in [0.4, 0.5) is 5.69 Å². The summed E-state index contributed by atoms with van der Waals surface area (Å²) >= 11 is 1.29. The molecular formula is C18H16N2O3S. The van der Waals surface area contributed by atoms with Crippen molar-refractivity contribution in [3.8, 4) is 5.75 Å². The molecule has 1 heterocycles. The van der Waals surface area contributed by atoms with Crippen LogP contribution in [0.5, 0.6) is 5.75 Å². The molecule has 0 aliphatic carbocycles. The lowest BCUT2D eigenvalue weighted by atomic mass is 10.2. The molecule has 24 heavy (non-hydrogen) atoms. The molecule has 1 N–H and O–H groups in total. The maximum Gasteiger partial charge on any atom is 0.260 e. The molecule has 0 aromatic heterocycles. The van der Waals surface area contributed by atoms with Crippen LogP contribution in [0.1, 0.15) is 6.42 Å². The van der Waals surface area contributed by atoms with Gasteiger partial charge in [-0.3, -0.25) is 9.59 Å². The number of nitrogens with one attached hydrogen (secondary N) is 1. The Kier molecular flexibility index (Phi) is 5.28.